The van der Waals surface area contributed by atoms with Gasteiger partial charge in [-0.15, -0.1) is 0 Å². The molecule has 14 heavy (non-hydrogen) atoms. The summed E-state index contributed by atoms with van der Waals surface area (Å²) in [5.41, 5.74) is 1.89. The molecule has 1 aromatic carbocycles. The van der Waals surface area contributed by atoms with E-state index in [1.54, 1.807) is 0 Å². The molecule has 0 nitrogen and oxygen atoms in total. The molecule has 0 fully saturated rings. The third kappa shape index (κ3) is 5.06. The van der Waals surface area contributed by atoms with Crippen LogP contribution < -0.4 is 0 Å². The van der Waals surface area contributed by atoms with Crippen LogP contribution in [0.15, 0.2) is 30.3 Å². The third-order valence-corrected chi connectivity index (χ3v) is 2.48. The number of hydrogen-bond acceptors (Lipinski definition) is 0. The topological polar surface area (TPSA) is 0 Å². The van der Waals surface area contributed by atoms with E-state index in [1.807, 2.05) is 13.8 Å². The summed E-state index contributed by atoms with van der Waals surface area (Å²) in [5, 5.41) is 0. The van der Waals surface area contributed by atoms with Gasteiger partial charge in [-0.2, -0.15) is 0 Å². The van der Waals surface area contributed by atoms with Gasteiger partial charge in [0.2, 0.25) is 0 Å². The number of rotatable bonds is 3. The van der Waals surface area contributed by atoms with Crippen LogP contribution in [0, 0.1) is 5.41 Å². The summed E-state index contributed by atoms with van der Waals surface area (Å²) >= 11 is 0. The van der Waals surface area contributed by atoms with E-state index < -0.39 is 0 Å². The molecule has 0 amide bonds. The fourth-order valence-corrected chi connectivity index (χ4v) is 1.27. The molecule has 0 bridgehead atoms. The Hall–Kier alpha value is -0.780. The van der Waals surface area contributed by atoms with Crippen LogP contribution in [0.1, 0.15) is 46.6 Å². The molecule has 0 N–H and O–H groups in total. The first-order valence-electron chi connectivity index (χ1n) is 5.68. The lowest BCUT2D eigenvalue weighted by molar-refractivity contribution is 0.349. The van der Waals surface area contributed by atoms with Crippen molar-refractivity contribution in [2.45, 2.75) is 47.5 Å². The molecular weight excluding hydrogens is 168 g/mol. The first-order valence-corrected chi connectivity index (χ1v) is 5.68. The van der Waals surface area contributed by atoms with Gasteiger partial charge in [-0.05, 0) is 17.4 Å². The summed E-state index contributed by atoms with van der Waals surface area (Å²) in [7, 11) is 0. The summed E-state index contributed by atoms with van der Waals surface area (Å²) < 4.78 is 0. The zero-order chi connectivity index (χ0) is 11.0. The maximum absolute atomic E-state index is 2.32. The van der Waals surface area contributed by atoms with Crippen LogP contribution >= 0.6 is 0 Å². The second kappa shape index (κ2) is 6.64. The first kappa shape index (κ1) is 13.2. The first-order chi connectivity index (χ1) is 6.64. The Bertz CT molecular complexity index is 221. The molecule has 0 radical (unpaired) electrons. The van der Waals surface area contributed by atoms with Crippen molar-refractivity contribution in [3.8, 4) is 0 Å². The molecule has 0 atom stereocenters. The van der Waals surface area contributed by atoms with Gasteiger partial charge in [0.25, 0.3) is 0 Å². The number of hydrogen-bond donors (Lipinski definition) is 0. The molecule has 0 aliphatic rings. The van der Waals surface area contributed by atoms with Crippen molar-refractivity contribution < 1.29 is 0 Å². The zero-order valence-corrected chi connectivity index (χ0v) is 10.3. The highest BCUT2D eigenvalue weighted by Gasteiger charge is 2.14. The fraction of sp³-hybridized carbons (Fsp3) is 0.571. The van der Waals surface area contributed by atoms with E-state index in [4.69, 9.17) is 0 Å². The van der Waals surface area contributed by atoms with Crippen LogP contribution in [0.25, 0.3) is 0 Å². The zero-order valence-electron chi connectivity index (χ0n) is 10.3. The van der Waals surface area contributed by atoms with E-state index in [-0.39, 0.29) is 0 Å². The molecule has 80 valence electrons. The lowest BCUT2D eigenvalue weighted by Gasteiger charge is -2.22. The Morgan fingerprint density at radius 2 is 1.50 bits per heavy atom. The van der Waals surface area contributed by atoms with Gasteiger partial charge in [-0.1, -0.05) is 71.4 Å². The smallest absolute Gasteiger partial charge is 0.0227 e. The summed E-state index contributed by atoms with van der Waals surface area (Å²) in [5.74, 6) is 0. The average Bonchev–Trinajstić information content (AvgIpc) is 2.22. The highest BCUT2D eigenvalue weighted by molar-refractivity contribution is 5.15. The molecule has 0 unspecified atom stereocenters. The van der Waals surface area contributed by atoms with Crippen molar-refractivity contribution in [3.63, 3.8) is 0 Å². The molecule has 0 aromatic heterocycles. The van der Waals surface area contributed by atoms with Crippen molar-refractivity contribution in [3.05, 3.63) is 35.9 Å². The highest BCUT2D eigenvalue weighted by atomic mass is 14.2. The lowest BCUT2D eigenvalue weighted by atomic mass is 9.83. The molecule has 0 spiro atoms. The molecule has 0 heteroatoms. The largest absolute Gasteiger partial charge is 0.0683 e. The Morgan fingerprint density at radius 3 is 1.93 bits per heavy atom. The normalized spacial score (nSPS) is 10.4. The minimum absolute atomic E-state index is 0.446. The molecule has 1 aromatic rings. The summed E-state index contributed by atoms with van der Waals surface area (Å²) in [6.45, 7) is 10.9. The molecule has 1 rings (SSSR count). The Morgan fingerprint density at radius 1 is 1.00 bits per heavy atom. The summed E-state index contributed by atoms with van der Waals surface area (Å²) in [4.78, 5) is 0. The quantitative estimate of drug-likeness (QED) is 0.651. The van der Waals surface area contributed by atoms with Crippen LogP contribution in [0.5, 0.6) is 0 Å². The van der Waals surface area contributed by atoms with Gasteiger partial charge >= 0.3 is 0 Å². The van der Waals surface area contributed by atoms with Gasteiger partial charge in [-0.3, -0.25) is 0 Å². The predicted octanol–water partition coefficient (Wildman–Crippen LogP) is 4.69. The van der Waals surface area contributed by atoms with E-state index in [0.29, 0.717) is 5.41 Å². The molecule has 0 saturated heterocycles. The highest BCUT2D eigenvalue weighted by Crippen LogP contribution is 2.24. The lowest BCUT2D eigenvalue weighted by Crippen LogP contribution is -2.12. The monoisotopic (exact) mass is 192 g/mol. The van der Waals surface area contributed by atoms with E-state index in [1.165, 1.54) is 18.4 Å². The van der Waals surface area contributed by atoms with Crippen LogP contribution in [-0.4, -0.2) is 0 Å². The van der Waals surface area contributed by atoms with Gasteiger partial charge < -0.3 is 0 Å². The van der Waals surface area contributed by atoms with Gasteiger partial charge in [0, 0.05) is 0 Å². The van der Waals surface area contributed by atoms with Crippen molar-refractivity contribution in [1.82, 2.24) is 0 Å². The van der Waals surface area contributed by atoms with E-state index in [9.17, 15) is 0 Å². The van der Waals surface area contributed by atoms with Crippen LogP contribution in [0.4, 0.5) is 0 Å². The van der Waals surface area contributed by atoms with Crippen LogP contribution in [-0.2, 0) is 6.42 Å². The number of benzene rings is 1. The van der Waals surface area contributed by atoms with Gasteiger partial charge in [0.1, 0.15) is 0 Å². The molecule has 0 heterocycles. The molecular formula is C14H24. The standard InChI is InChI=1S/C12H18.C2H6/c1-4-12(2,3)10-11-8-6-5-7-9-11;1-2/h5-9H,4,10H2,1-3H3;1-2H3. The second-order valence-corrected chi connectivity index (χ2v) is 4.18. The Balaban J connectivity index is 0.000000791. The second-order valence-electron chi connectivity index (χ2n) is 4.18. The summed E-state index contributed by atoms with van der Waals surface area (Å²) in [6.07, 6.45) is 2.42. The fourth-order valence-electron chi connectivity index (χ4n) is 1.27. The van der Waals surface area contributed by atoms with Gasteiger partial charge in [0.05, 0.1) is 0 Å². The predicted molar refractivity (Wildman–Crippen MR) is 65.6 cm³/mol. The summed E-state index contributed by atoms with van der Waals surface area (Å²) in [6, 6.07) is 10.7. The van der Waals surface area contributed by atoms with Crippen molar-refractivity contribution >= 4 is 0 Å². The van der Waals surface area contributed by atoms with Crippen LogP contribution in [0.2, 0.25) is 0 Å². The third-order valence-electron chi connectivity index (χ3n) is 2.48. The minimum Gasteiger partial charge on any atom is -0.0683 e. The van der Waals surface area contributed by atoms with E-state index >= 15 is 0 Å². The Labute approximate surface area is 89.4 Å². The van der Waals surface area contributed by atoms with E-state index in [2.05, 4.69) is 51.1 Å². The average molecular weight is 192 g/mol. The maximum Gasteiger partial charge on any atom is -0.0227 e. The SMILES string of the molecule is CC.CCC(C)(C)Cc1ccccc1. The van der Waals surface area contributed by atoms with Gasteiger partial charge in [0.15, 0.2) is 0 Å². The van der Waals surface area contributed by atoms with Crippen molar-refractivity contribution in [2.75, 3.05) is 0 Å². The Kier molecular flexibility index (Phi) is 6.27. The van der Waals surface area contributed by atoms with Crippen molar-refractivity contribution in [2.24, 2.45) is 5.41 Å². The van der Waals surface area contributed by atoms with Crippen molar-refractivity contribution in [1.29, 1.82) is 0 Å². The molecule has 0 aliphatic heterocycles. The molecule has 0 saturated carbocycles. The molecule has 0 aliphatic carbocycles. The van der Waals surface area contributed by atoms with Crippen LogP contribution in [0.3, 0.4) is 0 Å². The maximum atomic E-state index is 2.32. The minimum atomic E-state index is 0.446. The van der Waals surface area contributed by atoms with Gasteiger partial charge in [-0.25, -0.2) is 0 Å². The van der Waals surface area contributed by atoms with E-state index in [0.717, 1.165) is 0 Å².